The number of allylic oxidation sites excluding steroid dienone is 1. The van der Waals surface area contributed by atoms with Crippen molar-refractivity contribution in [1.29, 1.82) is 0 Å². The third kappa shape index (κ3) is 2.99. The molecule has 2 aromatic heterocycles. The van der Waals surface area contributed by atoms with Crippen LogP contribution in [-0.2, 0) is 0 Å². The molecule has 4 nitrogen and oxygen atoms in total. The number of nitrogens with one attached hydrogen (secondary N) is 1. The summed E-state index contributed by atoms with van der Waals surface area (Å²) >= 11 is 0. The first-order valence-corrected chi connectivity index (χ1v) is 8.81. The second-order valence-electron chi connectivity index (χ2n) is 6.62. The fraction of sp³-hybridized carbons (Fsp3) is 0.130. The first kappa shape index (κ1) is 17.0. The number of carbonyl (C=O) groups excluding carboxylic acids is 1. The minimum Gasteiger partial charge on any atom is -0.497 e. The molecule has 0 unspecified atom stereocenters. The van der Waals surface area contributed by atoms with Crippen molar-refractivity contribution in [3.05, 3.63) is 77.1 Å². The monoisotopic (exact) mass is 356 g/mol. The van der Waals surface area contributed by atoms with Crippen LogP contribution in [0.2, 0.25) is 0 Å². The molecule has 0 aliphatic carbocycles. The van der Waals surface area contributed by atoms with E-state index in [0.717, 1.165) is 44.2 Å². The number of aryl methyl sites for hydroxylation is 2. The van der Waals surface area contributed by atoms with Crippen molar-refractivity contribution in [1.82, 2.24) is 9.97 Å². The zero-order valence-electron chi connectivity index (χ0n) is 15.5. The van der Waals surface area contributed by atoms with E-state index in [9.17, 15) is 4.79 Å². The van der Waals surface area contributed by atoms with E-state index in [1.807, 2.05) is 62.4 Å². The molecule has 2 aromatic carbocycles. The van der Waals surface area contributed by atoms with Gasteiger partial charge in [0.05, 0.1) is 12.6 Å². The number of hydrogen-bond acceptors (Lipinski definition) is 3. The molecule has 4 heteroatoms. The second-order valence-corrected chi connectivity index (χ2v) is 6.62. The predicted octanol–water partition coefficient (Wildman–Crippen LogP) is 5.24. The number of ketones is 1. The van der Waals surface area contributed by atoms with E-state index in [2.05, 4.69) is 9.97 Å². The second kappa shape index (κ2) is 6.72. The van der Waals surface area contributed by atoms with Crippen molar-refractivity contribution < 1.29 is 9.53 Å². The number of H-pyrrole nitrogens is 1. The van der Waals surface area contributed by atoms with Crippen LogP contribution in [0.1, 0.15) is 27.2 Å². The third-order valence-electron chi connectivity index (χ3n) is 4.90. The lowest BCUT2D eigenvalue weighted by molar-refractivity contribution is 0.104. The topological polar surface area (TPSA) is 55.0 Å². The van der Waals surface area contributed by atoms with Crippen LogP contribution in [-0.4, -0.2) is 22.9 Å². The number of aromatic amines is 1. The number of fused-ring (bicyclic) bond motifs is 3. The molecule has 1 N–H and O–H groups in total. The Hall–Kier alpha value is -3.40. The molecule has 0 aliphatic heterocycles. The largest absolute Gasteiger partial charge is 0.497 e. The third-order valence-corrected chi connectivity index (χ3v) is 4.90. The average Bonchev–Trinajstić information content (AvgIpc) is 3.05. The lowest BCUT2D eigenvalue weighted by Gasteiger charge is -2.04. The van der Waals surface area contributed by atoms with Gasteiger partial charge in [-0.25, -0.2) is 0 Å². The lowest BCUT2D eigenvalue weighted by Crippen LogP contribution is -1.99. The number of nitrogens with zero attached hydrogens (tertiary/aromatic N) is 1. The minimum absolute atomic E-state index is 0.123. The van der Waals surface area contributed by atoms with Crippen molar-refractivity contribution in [2.24, 2.45) is 0 Å². The van der Waals surface area contributed by atoms with E-state index in [1.165, 1.54) is 0 Å². The summed E-state index contributed by atoms with van der Waals surface area (Å²) in [7, 11) is 1.64. The van der Waals surface area contributed by atoms with Crippen molar-refractivity contribution in [2.45, 2.75) is 13.8 Å². The van der Waals surface area contributed by atoms with Gasteiger partial charge in [-0.15, -0.1) is 0 Å². The van der Waals surface area contributed by atoms with Crippen molar-refractivity contribution in [3.8, 4) is 5.75 Å². The highest BCUT2D eigenvalue weighted by atomic mass is 16.5. The van der Waals surface area contributed by atoms with Gasteiger partial charge in [0.15, 0.2) is 0 Å². The van der Waals surface area contributed by atoms with Crippen LogP contribution < -0.4 is 4.74 Å². The summed E-state index contributed by atoms with van der Waals surface area (Å²) in [4.78, 5) is 20.5. The molecule has 0 radical (unpaired) electrons. The summed E-state index contributed by atoms with van der Waals surface area (Å²) in [5, 5.41) is 1.97. The molecule has 27 heavy (non-hydrogen) atoms. The van der Waals surface area contributed by atoms with Gasteiger partial charge in [-0.3, -0.25) is 9.78 Å². The van der Waals surface area contributed by atoms with Gasteiger partial charge in [0, 0.05) is 22.5 Å². The molecule has 0 fully saturated rings. The van der Waals surface area contributed by atoms with Crippen LogP contribution >= 0.6 is 0 Å². The molecule has 0 saturated carbocycles. The maximum atomic E-state index is 12.9. The summed E-state index contributed by atoms with van der Waals surface area (Å²) in [6, 6.07) is 13.8. The van der Waals surface area contributed by atoms with E-state index in [0.29, 0.717) is 5.69 Å². The Balaban J connectivity index is 1.79. The number of benzene rings is 2. The lowest BCUT2D eigenvalue weighted by atomic mass is 10.0. The smallest absolute Gasteiger partial charge is 0.206 e. The summed E-state index contributed by atoms with van der Waals surface area (Å²) in [5.74, 6) is 0.657. The van der Waals surface area contributed by atoms with E-state index in [1.54, 1.807) is 19.4 Å². The molecule has 134 valence electrons. The van der Waals surface area contributed by atoms with Crippen molar-refractivity contribution >= 4 is 33.7 Å². The molecular formula is C23H20N2O2. The molecular weight excluding hydrogens is 336 g/mol. The highest BCUT2D eigenvalue weighted by Gasteiger charge is 2.14. The standard InChI is InChI=1S/C23H20N2O2/c1-14-5-4-6-15(2)17(14)8-10-21(26)23-22-18(11-12-24-23)19-13-16(27-3)7-9-20(19)25-22/h4-13,25H,1-3H3/b10-8+. The Morgan fingerprint density at radius 3 is 2.59 bits per heavy atom. The zero-order valence-corrected chi connectivity index (χ0v) is 15.5. The Morgan fingerprint density at radius 1 is 1.07 bits per heavy atom. The maximum absolute atomic E-state index is 12.9. The van der Waals surface area contributed by atoms with Gasteiger partial charge in [0.2, 0.25) is 5.78 Å². The van der Waals surface area contributed by atoms with Crippen LogP contribution in [0.15, 0.2) is 54.7 Å². The highest BCUT2D eigenvalue weighted by Crippen LogP contribution is 2.30. The summed E-state index contributed by atoms with van der Waals surface area (Å²) in [5.41, 5.74) is 5.47. The molecule has 4 rings (SSSR count). The number of ether oxygens (including phenoxy) is 1. The number of carbonyl (C=O) groups is 1. The molecule has 0 amide bonds. The average molecular weight is 356 g/mol. The predicted molar refractivity (Wildman–Crippen MR) is 109 cm³/mol. The van der Waals surface area contributed by atoms with Gasteiger partial charge in [0.1, 0.15) is 11.4 Å². The quantitative estimate of drug-likeness (QED) is 0.402. The van der Waals surface area contributed by atoms with Crippen LogP contribution in [0.3, 0.4) is 0 Å². The van der Waals surface area contributed by atoms with Crippen molar-refractivity contribution in [2.75, 3.05) is 7.11 Å². The van der Waals surface area contributed by atoms with Gasteiger partial charge in [-0.2, -0.15) is 0 Å². The van der Waals surface area contributed by atoms with Crippen molar-refractivity contribution in [3.63, 3.8) is 0 Å². The SMILES string of the molecule is COc1ccc2[nH]c3c(C(=O)/C=C/c4c(C)cccc4C)nccc3c2c1. The van der Waals surface area contributed by atoms with Gasteiger partial charge < -0.3 is 9.72 Å². The number of aromatic nitrogens is 2. The Morgan fingerprint density at radius 2 is 1.85 bits per heavy atom. The maximum Gasteiger partial charge on any atom is 0.206 e. The Kier molecular flexibility index (Phi) is 4.24. The number of rotatable bonds is 4. The van der Waals surface area contributed by atoms with Gasteiger partial charge >= 0.3 is 0 Å². The van der Waals surface area contributed by atoms with Gasteiger partial charge in [0.25, 0.3) is 0 Å². The van der Waals surface area contributed by atoms with E-state index >= 15 is 0 Å². The molecule has 0 bridgehead atoms. The normalized spacial score (nSPS) is 11.5. The molecule has 4 aromatic rings. The molecule has 2 heterocycles. The molecule has 0 spiro atoms. The van der Waals surface area contributed by atoms with E-state index in [-0.39, 0.29) is 5.78 Å². The number of pyridine rings is 1. The molecule has 0 aliphatic rings. The number of methoxy groups -OCH3 is 1. The van der Waals surface area contributed by atoms with Crippen LogP contribution in [0.5, 0.6) is 5.75 Å². The first-order chi connectivity index (χ1) is 13.1. The highest BCUT2D eigenvalue weighted by molar-refractivity contribution is 6.18. The first-order valence-electron chi connectivity index (χ1n) is 8.81. The van der Waals surface area contributed by atoms with Crippen LogP contribution in [0, 0.1) is 13.8 Å². The van der Waals surface area contributed by atoms with Crippen LogP contribution in [0.4, 0.5) is 0 Å². The van der Waals surface area contributed by atoms with Gasteiger partial charge in [-0.05, 0) is 60.9 Å². The zero-order chi connectivity index (χ0) is 19.0. The summed E-state index contributed by atoms with van der Waals surface area (Å²) in [6.07, 6.45) is 5.15. The Bertz CT molecular complexity index is 1180. The van der Waals surface area contributed by atoms with E-state index in [4.69, 9.17) is 4.74 Å². The van der Waals surface area contributed by atoms with Gasteiger partial charge in [-0.1, -0.05) is 24.3 Å². The number of hydrogen-bond donors (Lipinski definition) is 1. The van der Waals surface area contributed by atoms with Crippen LogP contribution in [0.25, 0.3) is 27.9 Å². The minimum atomic E-state index is -0.123. The Labute approximate surface area is 157 Å². The fourth-order valence-corrected chi connectivity index (χ4v) is 3.44. The molecule has 0 atom stereocenters. The molecule has 0 saturated heterocycles. The summed E-state index contributed by atoms with van der Waals surface area (Å²) < 4.78 is 5.32. The fourth-order valence-electron chi connectivity index (χ4n) is 3.44. The van der Waals surface area contributed by atoms with E-state index < -0.39 is 0 Å². The summed E-state index contributed by atoms with van der Waals surface area (Å²) in [6.45, 7) is 4.09.